The molecule has 1 aromatic rings. The third-order valence-corrected chi connectivity index (χ3v) is 1.64. The maximum Gasteiger partial charge on any atom is 0.387 e. The van der Waals surface area contributed by atoms with Crippen molar-refractivity contribution in [3.63, 3.8) is 0 Å². The van der Waals surface area contributed by atoms with Crippen LogP contribution in [0.25, 0.3) is 0 Å². The molecule has 0 aliphatic rings. The lowest BCUT2D eigenvalue weighted by atomic mass is 10.1. The van der Waals surface area contributed by atoms with E-state index in [1.807, 2.05) is 6.07 Å². The molecule has 0 fully saturated rings. The number of nitrogens with two attached hydrogens (primary N) is 1. The van der Waals surface area contributed by atoms with Gasteiger partial charge in [0.05, 0.1) is 17.3 Å². The van der Waals surface area contributed by atoms with Crippen molar-refractivity contribution in [3.8, 4) is 11.8 Å². The average Bonchev–Trinajstić information content (AvgIpc) is 2.10. The van der Waals surface area contributed by atoms with Gasteiger partial charge in [-0.25, -0.2) is 0 Å². The molecule has 2 N–H and O–H groups in total. The summed E-state index contributed by atoms with van der Waals surface area (Å²) in [5, 5.41) is 8.56. The smallest absolute Gasteiger partial charge is 0.387 e. The molecule has 1 aromatic carbocycles. The molecule has 0 saturated carbocycles. The summed E-state index contributed by atoms with van der Waals surface area (Å²) < 4.78 is 28.0. The fraction of sp³-hybridized carbons (Fsp3) is 0.222. The van der Waals surface area contributed by atoms with Crippen LogP contribution in [-0.2, 0) is 0 Å². The third kappa shape index (κ3) is 2.10. The molecule has 0 saturated heterocycles. The van der Waals surface area contributed by atoms with E-state index in [2.05, 4.69) is 4.74 Å². The van der Waals surface area contributed by atoms with Crippen LogP contribution in [0.5, 0.6) is 5.75 Å². The summed E-state index contributed by atoms with van der Waals surface area (Å²) in [5.74, 6) is -0.0704. The zero-order valence-electron chi connectivity index (χ0n) is 7.42. The Morgan fingerprint density at radius 2 is 2.14 bits per heavy atom. The van der Waals surface area contributed by atoms with Crippen LogP contribution in [0.1, 0.15) is 11.1 Å². The van der Waals surface area contributed by atoms with Crippen LogP contribution in [0.3, 0.4) is 0 Å². The van der Waals surface area contributed by atoms with E-state index in [4.69, 9.17) is 11.0 Å². The number of benzene rings is 1. The number of hydrogen-bond acceptors (Lipinski definition) is 3. The number of nitrogen functional groups attached to an aromatic ring is 1. The van der Waals surface area contributed by atoms with Gasteiger partial charge in [-0.1, -0.05) is 0 Å². The largest absolute Gasteiger partial charge is 0.432 e. The zero-order chi connectivity index (χ0) is 10.7. The van der Waals surface area contributed by atoms with Crippen molar-refractivity contribution in [1.29, 1.82) is 5.26 Å². The molecule has 0 spiro atoms. The number of nitriles is 1. The number of anilines is 1. The molecule has 0 aromatic heterocycles. The van der Waals surface area contributed by atoms with Gasteiger partial charge in [0.15, 0.2) is 5.75 Å². The SMILES string of the molecule is Cc1cc(C#N)cc(N)c1OC(F)F. The molecule has 3 nitrogen and oxygen atoms in total. The van der Waals surface area contributed by atoms with E-state index < -0.39 is 6.61 Å². The molecule has 0 atom stereocenters. The van der Waals surface area contributed by atoms with Crippen molar-refractivity contribution < 1.29 is 13.5 Å². The predicted molar refractivity (Wildman–Crippen MR) is 46.9 cm³/mol. The Morgan fingerprint density at radius 1 is 1.50 bits per heavy atom. The second kappa shape index (κ2) is 3.92. The first-order valence-corrected chi connectivity index (χ1v) is 3.79. The van der Waals surface area contributed by atoms with Gasteiger partial charge in [-0.05, 0) is 24.6 Å². The maximum atomic E-state index is 11.9. The lowest BCUT2D eigenvalue weighted by Gasteiger charge is -2.10. The van der Waals surface area contributed by atoms with Crippen molar-refractivity contribution >= 4 is 5.69 Å². The van der Waals surface area contributed by atoms with Gasteiger partial charge in [0.2, 0.25) is 0 Å². The van der Waals surface area contributed by atoms with Crippen molar-refractivity contribution in [3.05, 3.63) is 23.3 Å². The number of alkyl halides is 2. The van der Waals surface area contributed by atoms with Gasteiger partial charge in [-0.2, -0.15) is 14.0 Å². The molecule has 0 radical (unpaired) electrons. The minimum atomic E-state index is -2.91. The van der Waals surface area contributed by atoms with E-state index in [9.17, 15) is 8.78 Å². The molecule has 14 heavy (non-hydrogen) atoms. The van der Waals surface area contributed by atoms with Gasteiger partial charge in [-0.3, -0.25) is 0 Å². The number of hydrogen-bond donors (Lipinski definition) is 1. The fourth-order valence-electron chi connectivity index (χ4n) is 1.12. The van der Waals surface area contributed by atoms with Gasteiger partial charge < -0.3 is 10.5 Å². The molecule has 1 rings (SSSR count). The normalized spacial score (nSPS) is 9.93. The summed E-state index contributed by atoms with van der Waals surface area (Å²) in [6.07, 6.45) is 0. The molecule has 74 valence electrons. The Kier molecular flexibility index (Phi) is 2.87. The highest BCUT2D eigenvalue weighted by Gasteiger charge is 2.11. The topological polar surface area (TPSA) is 59.0 Å². The average molecular weight is 198 g/mol. The predicted octanol–water partition coefficient (Wildman–Crippen LogP) is 2.05. The number of rotatable bonds is 2. The molecule has 5 heteroatoms. The highest BCUT2D eigenvalue weighted by atomic mass is 19.3. The number of nitrogens with zero attached hydrogens (tertiary/aromatic N) is 1. The van der Waals surface area contributed by atoms with Crippen LogP contribution in [0.4, 0.5) is 14.5 Å². The number of halogens is 2. The molecule has 0 heterocycles. The Balaban J connectivity index is 3.13. The maximum absolute atomic E-state index is 11.9. The lowest BCUT2D eigenvalue weighted by molar-refractivity contribution is -0.0497. The van der Waals surface area contributed by atoms with Crippen molar-refractivity contribution in [2.75, 3.05) is 5.73 Å². The lowest BCUT2D eigenvalue weighted by Crippen LogP contribution is -2.06. The summed E-state index contributed by atoms with van der Waals surface area (Å²) in [7, 11) is 0. The second-order valence-corrected chi connectivity index (χ2v) is 2.70. The summed E-state index contributed by atoms with van der Waals surface area (Å²) in [6.45, 7) is -1.36. The minimum Gasteiger partial charge on any atom is -0.432 e. The van der Waals surface area contributed by atoms with Crippen molar-refractivity contribution in [2.45, 2.75) is 13.5 Å². The Hall–Kier alpha value is -1.83. The van der Waals surface area contributed by atoms with Gasteiger partial charge >= 0.3 is 6.61 Å². The number of aryl methyl sites for hydroxylation is 1. The Bertz CT molecular complexity index is 362. The first-order chi connectivity index (χ1) is 6.54. The van der Waals surface area contributed by atoms with E-state index in [1.165, 1.54) is 12.1 Å². The summed E-state index contributed by atoms with van der Waals surface area (Å²) >= 11 is 0. The number of ether oxygens (including phenoxy) is 1. The quantitative estimate of drug-likeness (QED) is 0.740. The van der Waals surface area contributed by atoms with E-state index in [1.54, 1.807) is 6.92 Å². The van der Waals surface area contributed by atoms with Crippen LogP contribution in [-0.4, -0.2) is 6.61 Å². The highest BCUT2D eigenvalue weighted by molar-refractivity contribution is 5.60. The molecule has 0 aliphatic carbocycles. The molecule has 0 unspecified atom stereocenters. The zero-order valence-corrected chi connectivity index (χ0v) is 7.42. The van der Waals surface area contributed by atoms with Crippen LogP contribution in [0.2, 0.25) is 0 Å². The van der Waals surface area contributed by atoms with Crippen LogP contribution in [0.15, 0.2) is 12.1 Å². The Labute approximate surface area is 79.7 Å². The molecule has 0 amide bonds. The fourth-order valence-corrected chi connectivity index (χ4v) is 1.12. The summed E-state index contributed by atoms with van der Waals surface area (Å²) in [5.41, 5.74) is 6.22. The third-order valence-electron chi connectivity index (χ3n) is 1.64. The molecule has 0 bridgehead atoms. The van der Waals surface area contributed by atoms with E-state index in [0.29, 0.717) is 11.1 Å². The molecule has 0 aliphatic heterocycles. The van der Waals surface area contributed by atoms with E-state index in [0.717, 1.165) is 0 Å². The highest BCUT2D eigenvalue weighted by Crippen LogP contribution is 2.28. The van der Waals surface area contributed by atoms with Crippen molar-refractivity contribution in [2.24, 2.45) is 0 Å². The summed E-state index contributed by atoms with van der Waals surface area (Å²) in [6, 6.07) is 4.60. The van der Waals surface area contributed by atoms with Gasteiger partial charge in [0.25, 0.3) is 0 Å². The molecular formula is C9H8F2N2O. The van der Waals surface area contributed by atoms with Crippen molar-refractivity contribution in [1.82, 2.24) is 0 Å². The standard InChI is InChI=1S/C9H8F2N2O/c1-5-2-6(4-12)3-7(13)8(5)14-9(10)11/h2-3,9H,13H2,1H3. The monoisotopic (exact) mass is 198 g/mol. The molecular weight excluding hydrogens is 190 g/mol. The van der Waals surface area contributed by atoms with Crippen LogP contribution < -0.4 is 10.5 Å². The Morgan fingerprint density at radius 3 is 2.57 bits per heavy atom. The summed E-state index contributed by atoms with van der Waals surface area (Å²) in [4.78, 5) is 0. The van der Waals surface area contributed by atoms with Crippen LogP contribution >= 0.6 is 0 Å². The van der Waals surface area contributed by atoms with Gasteiger partial charge in [-0.15, -0.1) is 0 Å². The van der Waals surface area contributed by atoms with E-state index in [-0.39, 0.29) is 11.4 Å². The van der Waals surface area contributed by atoms with Gasteiger partial charge in [0.1, 0.15) is 0 Å². The second-order valence-electron chi connectivity index (χ2n) is 2.70. The first-order valence-electron chi connectivity index (χ1n) is 3.79. The van der Waals surface area contributed by atoms with E-state index >= 15 is 0 Å². The van der Waals surface area contributed by atoms with Crippen LogP contribution in [0, 0.1) is 18.3 Å². The van der Waals surface area contributed by atoms with Gasteiger partial charge in [0, 0.05) is 0 Å². The first kappa shape index (κ1) is 10.3. The minimum absolute atomic E-state index is 0.0434.